The predicted octanol–water partition coefficient (Wildman–Crippen LogP) is 2.79. The third-order valence-electron chi connectivity index (χ3n) is 2.53. The minimum Gasteiger partial charge on any atom is -0.756 e. The van der Waals surface area contributed by atoms with Crippen molar-refractivity contribution in [3.8, 4) is 5.75 Å². The van der Waals surface area contributed by atoms with E-state index in [9.17, 15) is 9.46 Å². The van der Waals surface area contributed by atoms with Gasteiger partial charge in [-0.05, 0) is 38.9 Å². The fourth-order valence-electron chi connectivity index (χ4n) is 1.36. The molecular weight excluding hydrogens is 273 g/mol. The van der Waals surface area contributed by atoms with Crippen molar-refractivity contribution < 1.29 is 14.0 Å². The molecule has 102 valence electrons. The zero-order valence-corrected chi connectivity index (χ0v) is 12.3. The van der Waals surface area contributed by atoms with Gasteiger partial charge in [0.1, 0.15) is 5.75 Å². The van der Waals surface area contributed by atoms with Crippen LogP contribution in [0.5, 0.6) is 5.75 Å². The van der Waals surface area contributed by atoms with Crippen LogP contribution >= 0.6 is 19.3 Å². The number of aryl methyl sites for hydroxylation is 1. The van der Waals surface area contributed by atoms with Gasteiger partial charge in [-0.25, -0.2) is 4.67 Å². The lowest BCUT2D eigenvalue weighted by atomic mass is 10.2. The molecule has 0 heterocycles. The first-order valence-corrected chi connectivity index (χ1v) is 7.83. The molecule has 0 saturated heterocycles. The van der Waals surface area contributed by atoms with Crippen LogP contribution in [-0.4, -0.2) is 24.1 Å². The summed E-state index contributed by atoms with van der Waals surface area (Å²) in [5.41, 5.74) is 1.05. The maximum atomic E-state index is 11.9. The largest absolute Gasteiger partial charge is 0.756 e. The molecule has 0 aliphatic heterocycles. The Balaban J connectivity index is 2.57. The van der Waals surface area contributed by atoms with Crippen LogP contribution in [0.4, 0.5) is 0 Å². The summed E-state index contributed by atoms with van der Waals surface area (Å²) in [4.78, 5) is 11.9. The van der Waals surface area contributed by atoms with Crippen molar-refractivity contribution in [3.05, 3.63) is 29.8 Å². The molecule has 0 aromatic heterocycles. The lowest BCUT2D eigenvalue weighted by molar-refractivity contribution is -0.203. The van der Waals surface area contributed by atoms with E-state index in [0.717, 1.165) is 18.4 Å². The van der Waals surface area contributed by atoms with Crippen LogP contribution in [0.1, 0.15) is 18.4 Å². The monoisotopic (exact) mass is 290 g/mol. The first-order valence-electron chi connectivity index (χ1n) is 5.80. The van der Waals surface area contributed by atoms with Gasteiger partial charge in [0.05, 0.1) is 0 Å². The number of rotatable bonds is 7. The highest BCUT2D eigenvalue weighted by atomic mass is 35.5. The van der Waals surface area contributed by atoms with E-state index in [2.05, 4.69) is 0 Å². The minimum atomic E-state index is -4.02. The number of benzene rings is 1. The van der Waals surface area contributed by atoms with Gasteiger partial charge in [0.25, 0.3) is 7.75 Å². The van der Waals surface area contributed by atoms with Crippen molar-refractivity contribution in [2.75, 3.05) is 19.5 Å². The Hall–Kier alpha value is -0.540. The molecule has 0 radical (unpaired) electrons. The summed E-state index contributed by atoms with van der Waals surface area (Å²) in [5, 5.41) is 0. The smallest absolute Gasteiger partial charge is 0.256 e. The molecule has 0 saturated carbocycles. The van der Waals surface area contributed by atoms with Crippen LogP contribution in [0.25, 0.3) is 0 Å². The van der Waals surface area contributed by atoms with E-state index in [-0.39, 0.29) is 0 Å². The molecule has 0 aliphatic rings. The van der Waals surface area contributed by atoms with Gasteiger partial charge in [0.15, 0.2) is 0 Å². The molecule has 0 amide bonds. The second-order valence-electron chi connectivity index (χ2n) is 4.15. The summed E-state index contributed by atoms with van der Waals surface area (Å²) in [6.07, 6.45) is 1.51. The van der Waals surface area contributed by atoms with E-state index in [1.165, 1.54) is 11.7 Å². The van der Waals surface area contributed by atoms with Crippen LogP contribution in [0, 0.1) is 6.92 Å². The molecule has 0 N–H and O–H groups in total. The molecule has 1 aromatic rings. The summed E-state index contributed by atoms with van der Waals surface area (Å²) in [6.45, 7) is 2.35. The van der Waals surface area contributed by atoms with Gasteiger partial charge in [0.2, 0.25) is 0 Å². The molecule has 18 heavy (non-hydrogen) atoms. The van der Waals surface area contributed by atoms with Crippen LogP contribution in [0.3, 0.4) is 0 Å². The Morgan fingerprint density at radius 2 is 1.94 bits per heavy atom. The molecule has 1 aromatic carbocycles. The standard InChI is InChI=1S/C12H19ClNO3P/c1-11-5-7-12(8-6-11)17-18(15,16)14(2)10-4-3-9-13/h5-8H,3-4,9-10H2,1-2H3,(H,15,16)/p-1. The van der Waals surface area contributed by atoms with E-state index in [0.29, 0.717) is 18.2 Å². The van der Waals surface area contributed by atoms with Crippen molar-refractivity contribution in [1.82, 2.24) is 4.67 Å². The lowest BCUT2D eigenvalue weighted by Crippen LogP contribution is -2.26. The summed E-state index contributed by atoms with van der Waals surface area (Å²) in [6, 6.07) is 6.91. The SMILES string of the molecule is Cc1ccc(OP(=O)([O-])N(C)CCCCCl)cc1. The van der Waals surface area contributed by atoms with Crippen LogP contribution < -0.4 is 9.42 Å². The summed E-state index contributed by atoms with van der Waals surface area (Å²) >= 11 is 5.55. The topological polar surface area (TPSA) is 52.6 Å². The third kappa shape index (κ3) is 4.99. The van der Waals surface area contributed by atoms with Crippen LogP contribution in [0.15, 0.2) is 24.3 Å². The van der Waals surface area contributed by atoms with Gasteiger partial charge in [-0.15, -0.1) is 11.6 Å². The second-order valence-corrected chi connectivity index (χ2v) is 6.33. The normalized spacial score (nSPS) is 14.5. The van der Waals surface area contributed by atoms with E-state index in [4.69, 9.17) is 16.1 Å². The molecule has 0 fully saturated rings. The average Bonchev–Trinajstić information content (AvgIpc) is 2.32. The molecule has 4 nitrogen and oxygen atoms in total. The molecule has 1 atom stereocenters. The lowest BCUT2D eigenvalue weighted by Gasteiger charge is -2.32. The Labute approximate surface area is 113 Å². The third-order valence-corrected chi connectivity index (χ3v) is 4.27. The van der Waals surface area contributed by atoms with E-state index in [1.54, 1.807) is 12.1 Å². The van der Waals surface area contributed by atoms with Gasteiger partial charge in [-0.2, -0.15) is 0 Å². The van der Waals surface area contributed by atoms with Crippen molar-refractivity contribution in [2.24, 2.45) is 0 Å². The minimum absolute atomic E-state index is 0.336. The van der Waals surface area contributed by atoms with Gasteiger partial charge >= 0.3 is 0 Å². The van der Waals surface area contributed by atoms with Crippen molar-refractivity contribution in [3.63, 3.8) is 0 Å². The van der Waals surface area contributed by atoms with Crippen molar-refractivity contribution >= 4 is 19.3 Å². The van der Waals surface area contributed by atoms with E-state index >= 15 is 0 Å². The fourth-order valence-corrected chi connectivity index (χ4v) is 2.46. The molecule has 1 rings (SSSR count). The van der Waals surface area contributed by atoms with Gasteiger partial charge in [0, 0.05) is 12.4 Å². The van der Waals surface area contributed by atoms with E-state index < -0.39 is 7.75 Å². The number of hydrogen-bond acceptors (Lipinski definition) is 3. The second kappa shape index (κ2) is 7.15. The van der Waals surface area contributed by atoms with Gasteiger partial charge in [-0.1, -0.05) is 17.7 Å². The zero-order valence-electron chi connectivity index (χ0n) is 10.6. The Kier molecular flexibility index (Phi) is 6.16. The van der Waals surface area contributed by atoms with Crippen LogP contribution in [-0.2, 0) is 4.57 Å². The number of unbranched alkanes of at least 4 members (excludes halogenated alkanes) is 1. The first-order chi connectivity index (χ1) is 8.45. The quantitative estimate of drug-likeness (QED) is 0.440. The predicted molar refractivity (Wildman–Crippen MR) is 72.0 cm³/mol. The molecule has 0 aliphatic carbocycles. The Morgan fingerprint density at radius 3 is 2.50 bits per heavy atom. The first kappa shape index (κ1) is 15.5. The Morgan fingerprint density at radius 1 is 1.33 bits per heavy atom. The summed E-state index contributed by atoms with van der Waals surface area (Å²) in [7, 11) is -2.51. The van der Waals surface area contributed by atoms with Gasteiger partial charge in [-0.3, -0.25) is 4.57 Å². The zero-order chi connectivity index (χ0) is 13.6. The number of halogens is 1. The number of alkyl halides is 1. The summed E-state index contributed by atoms with van der Waals surface area (Å²) in [5.74, 6) is 0.874. The highest BCUT2D eigenvalue weighted by Crippen LogP contribution is 2.41. The molecule has 0 spiro atoms. The van der Waals surface area contributed by atoms with Crippen LogP contribution in [0.2, 0.25) is 0 Å². The number of hydrogen-bond donors (Lipinski definition) is 0. The van der Waals surface area contributed by atoms with Crippen molar-refractivity contribution in [2.45, 2.75) is 19.8 Å². The maximum absolute atomic E-state index is 11.9. The summed E-state index contributed by atoms with van der Waals surface area (Å²) < 4.78 is 18.1. The molecule has 6 heteroatoms. The van der Waals surface area contributed by atoms with E-state index in [1.807, 2.05) is 19.1 Å². The molecular formula is C12H18ClNO3P-. The highest BCUT2D eigenvalue weighted by Gasteiger charge is 2.16. The maximum Gasteiger partial charge on any atom is 0.256 e. The highest BCUT2D eigenvalue weighted by molar-refractivity contribution is 7.49. The molecule has 0 bridgehead atoms. The Bertz CT molecular complexity index is 410. The fraction of sp³-hybridized carbons (Fsp3) is 0.500. The van der Waals surface area contributed by atoms with Gasteiger partial charge < -0.3 is 9.42 Å². The number of nitrogens with zero attached hydrogens (tertiary/aromatic N) is 1. The van der Waals surface area contributed by atoms with Crippen molar-refractivity contribution in [1.29, 1.82) is 0 Å². The molecule has 1 unspecified atom stereocenters. The average molecular weight is 291 g/mol.